The minimum Gasteiger partial charge on any atom is -0.326 e. The van der Waals surface area contributed by atoms with Crippen molar-refractivity contribution in [2.75, 3.05) is 5.32 Å². The second-order valence-electron chi connectivity index (χ2n) is 5.71. The zero-order valence-corrected chi connectivity index (χ0v) is 11.0. The maximum Gasteiger partial charge on any atom is 0.250 e. The van der Waals surface area contributed by atoms with E-state index >= 15 is 0 Å². The first-order valence-corrected chi connectivity index (χ1v) is 7.05. The van der Waals surface area contributed by atoms with Crippen LogP contribution in [0.3, 0.4) is 0 Å². The molecule has 20 heavy (non-hydrogen) atoms. The zero-order chi connectivity index (χ0) is 13.7. The van der Waals surface area contributed by atoms with Crippen LogP contribution in [0, 0.1) is 11.8 Å². The largest absolute Gasteiger partial charge is 0.326 e. The summed E-state index contributed by atoms with van der Waals surface area (Å²) in [7, 11) is 0. The number of benzene rings is 1. The first-order valence-electron chi connectivity index (χ1n) is 7.05. The van der Waals surface area contributed by atoms with Crippen molar-refractivity contribution in [3.63, 3.8) is 0 Å². The normalized spacial score (nSPS) is 18.2. The van der Waals surface area contributed by atoms with Crippen molar-refractivity contribution in [1.82, 2.24) is 9.78 Å². The second-order valence-corrected chi connectivity index (χ2v) is 5.71. The summed E-state index contributed by atoms with van der Waals surface area (Å²) in [6.45, 7) is 0. The molecule has 0 atom stereocenters. The number of rotatable bonds is 3. The van der Waals surface area contributed by atoms with E-state index in [9.17, 15) is 9.59 Å². The molecule has 5 nitrogen and oxygen atoms in total. The van der Waals surface area contributed by atoms with Crippen molar-refractivity contribution in [2.45, 2.75) is 25.7 Å². The highest BCUT2D eigenvalue weighted by molar-refractivity contribution is 5.98. The van der Waals surface area contributed by atoms with Crippen molar-refractivity contribution in [1.29, 1.82) is 0 Å². The lowest BCUT2D eigenvalue weighted by atomic mass is 10.2. The fourth-order valence-electron chi connectivity index (χ4n) is 2.38. The average Bonchev–Trinajstić information content (AvgIpc) is 3.33. The number of hydrogen-bond acceptors (Lipinski definition) is 3. The molecule has 1 aromatic carbocycles. The SMILES string of the molecule is O=C(Nc1ccc2c(cnn2C(=O)C2CC2)c1)C1CC1. The van der Waals surface area contributed by atoms with Crippen LogP contribution in [0.2, 0.25) is 0 Å². The van der Waals surface area contributed by atoms with E-state index in [4.69, 9.17) is 0 Å². The van der Waals surface area contributed by atoms with Crippen LogP contribution < -0.4 is 5.32 Å². The molecule has 0 saturated heterocycles. The number of anilines is 1. The lowest BCUT2D eigenvalue weighted by Gasteiger charge is -2.05. The van der Waals surface area contributed by atoms with E-state index in [1.807, 2.05) is 18.2 Å². The highest BCUT2D eigenvalue weighted by Crippen LogP contribution is 2.32. The predicted molar refractivity (Wildman–Crippen MR) is 74.4 cm³/mol. The van der Waals surface area contributed by atoms with Gasteiger partial charge in [-0.15, -0.1) is 0 Å². The van der Waals surface area contributed by atoms with Crippen LogP contribution >= 0.6 is 0 Å². The highest BCUT2D eigenvalue weighted by atomic mass is 16.2. The molecule has 102 valence electrons. The third-order valence-electron chi connectivity index (χ3n) is 3.92. The average molecular weight is 269 g/mol. The van der Waals surface area contributed by atoms with Gasteiger partial charge in [0.15, 0.2) is 0 Å². The van der Waals surface area contributed by atoms with E-state index in [1.165, 1.54) is 4.68 Å². The van der Waals surface area contributed by atoms with Gasteiger partial charge in [-0.05, 0) is 43.9 Å². The van der Waals surface area contributed by atoms with Gasteiger partial charge in [0.2, 0.25) is 5.91 Å². The molecule has 2 fully saturated rings. The Morgan fingerprint density at radius 2 is 1.90 bits per heavy atom. The fourth-order valence-corrected chi connectivity index (χ4v) is 2.38. The number of nitrogens with zero attached hydrogens (tertiary/aromatic N) is 2. The first kappa shape index (κ1) is 11.6. The fraction of sp³-hybridized carbons (Fsp3) is 0.400. The molecule has 0 radical (unpaired) electrons. The topological polar surface area (TPSA) is 64.0 Å². The molecule has 0 aliphatic heterocycles. The van der Waals surface area contributed by atoms with Gasteiger partial charge >= 0.3 is 0 Å². The van der Waals surface area contributed by atoms with Crippen molar-refractivity contribution >= 4 is 28.4 Å². The maximum absolute atomic E-state index is 12.1. The van der Waals surface area contributed by atoms with E-state index in [1.54, 1.807) is 6.20 Å². The van der Waals surface area contributed by atoms with Crippen LogP contribution in [0.4, 0.5) is 5.69 Å². The summed E-state index contributed by atoms with van der Waals surface area (Å²) in [5.41, 5.74) is 1.58. The number of aromatic nitrogens is 2. The van der Waals surface area contributed by atoms with Crippen molar-refractivity contribution < 1.29 is 9.59 Å². The van der Waals surface area contributed by atoms with Gasteiger partial charge in [0, 0.05) is 22.9 Å². The van der Waals surface area contributed by atoms with Gasteiger partial charge < -0.3 is 5.32 Å². The first-order chi connectivity index (χ1) is 9.72. The summed E-state index contributed by atoms with van der Waals surface area (Å²) in [5, 5.41) is 7.97. The Labute approximate surface area is 116 Å². The molecule has 1 heterocycles. The summed E-state index contributed by atoms with van der Waals surface area (Å²) in [6.07, 6.45) is 5.59. The van der Waals surface area contributed by atoms with Crippen LogP contribution in [0.5, 0.6) is 0 Å². The molecule has 0 spiro atoms. The zero-order valence-electron chi connectivity index (χ0n) is 11.0. The van der Waals surface area contributed by atoms with Crippen LogP contribution in [0.1, 0.15) is 30.5 Å². The van der Waals surface area contributed by atoms with E-state index in [2.05, 4.69) is 10.4 Å². The molecule has 0 bridgehead atoms. The Bertz CT molecular complexity index is 711. The van der Waals surface area contributed by atoms with Crippen molar-refractivity contribution in [3.05, 3.63) is 24.4 Å². The highest BCUT2D eigenvalue weighted by Gasteiger charge is 2.32. The van der Waals surface area contributed by atoms with E-state index < -0.39 is 0 Å². The number of nitrogens with one attached hydrogen (secondary N) is 1. The number of hydrogen-bond donors (Lipinski definition) is 1. The molecule has 2 aromatic rings. The van der Waals surface area contributed by atoms with Gasteiger partial charge in [-0.25, -0.2) is 0 Å². The third-order valence-corrected chi connectivity index (χ3v) is 3.92. The summed E-state index contributed by atoms with van der Waals surface area (Å²) in [5.74, 6) is 0.498. The predicted octanol–water partition coefficient (Wildman–Crippen LogP) is 2.44. The smallest absolute Gasteiger partial charge is 0.250 e. The summed E-state index contributed by atoms with van der Waals surface area (Å²) in [6, 6.07) is 5.56. The summed E-state index contributed by atoms with van der Waals surface area (Å²) in [4.78, 5) is 23.8. The number of amides is 1. The van der Waals surface area contributed by atoms with Crippen molar-refractivity contribution in [2.24, 2.45) is 11.8 Å². The monoisotopic (exact) mass is 269 g/mol. The molecule has 1 N–H and O–H groups in total. The molecular weight excluding hydrogens is 254 g/mol. The van der Waals surface area contributed by atoms with Crippen LogP contribution in [-0.4, -0.2) is 21.6 Å². The summed E-state index contributed by atoms with van der Waals surface area (Å²) < 4.78 is 1.49. The molecule has 2 aliphatic rings. The van der Waals surface area contributed by atoms with Crippen molar-refractivity contribution in [3.8, 4) is 0 Å². The minimum atomic E-state index is 0.0785. The van der Waals surface area contributed by atoms with Crippen LogP contribution in [-0.2, 0) is 4.79 Å². The Morgan fingerprint density at radius 3 is 2.60 bits per heavy atom. The standard InChI is InChI=1S/C15H15N3O2/c19-14(9-1-2-9)17-12-5-6-13-11(7-12)8-16-18(13)15(20)10-3-4-10/h5-10H,1-4H2,(H,17,19). The molecular formula is C15H15N3O2. The Balaban J connectivity index is 1.63. The lowest BCUT2D eigenvalue weighted by molar-refractivity contribution is -0.117. The van der Waals surface area contributed by atoms with E-state index in [-0.39, 0.29) is 23.7 Å². The maximum atomic E-state index is 12.1. The molecule has 2 saturated carbocycles. The summed E-state index contributed by atoms with van der Waals surface area (Å²) >= 11 is 0. The molecule has 5 heteroatoms. The quantitative estimate of drug-likeness (QED) is 0.930. The second kappa shape index (κ2) is 4.16. The van der Waals surface area contributed by atoms with Gasteiger partial charge in [0.05, 0.1) is 11.7 Å². The number of carbonyl (C=O) groups excluding carboxylic acids is 2. The van der Waals surface area contributed by atoms with Crippen LogP contribution in [0.25, 0.3) is 10.9 Å². The van der Waals surface area contributed by atoms with Gasteiger partial charge in [0.25, 0.3) is 5.91 Å². The van der Waals surface area contributed by atoms with Gasteiger partial charge in [0.1, 0.15) is 0 Å². The van der Waals surface area contributed by atoms with E-state index in [0.29, 0.717) is 0 Å². The Morgan fingerprint density at radius 1 is 1.15 bits per heavy atom. The minimum absolute atomic E-state index is 0.0785. The Kier molecular flexibility index (Phi) is 2.42. The molecule has 0 unspecified atom stereocenters. The number of carbonyl (C=O) groups is 2. The Hall–Kier alpha value is -2.17. The molecule has 1 amide bonds. The number of fused-ring (bicyclic) bond motifs is 1. The third kappa shape index (κ3) is 1.99. The molecule has 1 aromatic heterocycles. The van der Waals surface area contributed by atoms with Gasteiger partial charge in [-0.1, -0.05) is 0 Å². The van der Waals surface area contributed by atoms with Gasteiger partial charge in [-0.2, -0.15) is 9.78 Å². The van der Waals surface area contributed by atoms with Crippen LogP contribution in [0.15, 0.2) is 24.4 Å². The molecule has 2 aliphatic carbocycles. The lowest BCUT2D eigenvalue weighted by Crippen LogP contribution is -2.14. The van der Waals surface area contributed by atoms with E-state index in [0.717, 1.165) is 42.3 Å². The molecule has 4 rings (SSSR count). The van der Waals surface area contributed by atoms with Gasteiger partial charge in [-0.3, -0.25) is 9.59 Å².